The summed E-state index contributed by atoms with van der Waals surface area (Å²) < 4.78 is 0. The van der Waals surface area contributed by atoms with Crippen LogP contribution in [0.5, 0.6) is 0 Å². The second-order valence-corrected chi connectivity index (χ2v) is 4.09. The molecule has 1 aliphatic heterocycles. The molecule has 0 atom stereocenters. The molecule has 4 nitrogen and oxygen atoms in total. The van der Waals surface area contributed by atoms with Gasteiger partial charge in [-0.25, -0.2) is 0 Å². The summed E-state index contributed by atoms with van der Waals surface area (Å²) in [5, 5.41) is 8.86. The number of pyridine rings is 1. The average molecular weight is 235 g/mol. The molecule has 3 rings (SSSR count). The van der Waals surface area contributed by atoms with E-state index in [-0.39, 0.29) is 5.91 Å². The Balaban J connectivity index is 2.02. The maximum atomic E-state index is 12.2. The molecular formula is C14H9N3O. The number of carbonyl (C=O) groups excluding carboxylic acids is 1. The van der Waals surface area contributed by atoms with Crippen molar-refractivity contribution in [2.75, 3.05) is 4.90 Å². The lowest BCUT2D eigenvalue weighted by molar-refractivity contribution is 0.0996. The summed E-state index contributed by atoms with van der Waals surface area (Å²) in [4.78, 5) is 17.9. The van der Waals surface area contributed by atoms with E-state index in [0.717, 1.165) is 11.3 Å². The Bertz CT molecular complexity index is 658. The molecule has 18 heavy (non-hydrogen) atoms. The van der Waals surface area contributed by atoms with Gasteiger partial charge in [-0.1, -0.05) is 0 Å². The maximum Gasteiger partial charge on any atom is 0.258 e. The monoisotopic (exact) mass is 235 g/mol. The standard InChI is InChI=1S/C14H9N3O/c15-7-10-3-4-13-11(6-10)9-17(14(13)18)12-2-1-5-16-8-12/h1-6,8H,9H2. The van der Waals surface area contributed by atoms with Crippen LogP contribution in [0.15, 0.2) is 42.7 Å². The molecule has 2 aromatic rings. The van der Waals surface area contributed by atoms with Crippen molar-refractivity contribution in [3.05, 3.63) is 59.4 Å². The summed E-state index contributed by atoms with van der Waals surface area (Å²) in [6.45, 7) is 0.495. The number of carbonyl (C=O) groups is 1. The topological polar surface area (TPSA) is 57.0 Å². The van der Waals surface area contributed by atoms with Crippen molar-refractivity contribution >= 4 is 11.6 Å². The van der Waals surface area contributed by atoms with E-state index >= 15 is 0 Å². The van der Waals surface area contributed by atoms with Crippen molar-refractivity contribution in [3.63, 3.8) is 0 Å². The Morgan fingerprint density at radius 2 is 2.22 bits per heavy atom. The van der Waals surface area contributed by atoms with Gasteiger partial charge in [0.05, 0.1) is 30.1 Å². The van der Waals surface area contributed by atoms with Crippen LogP contribution < -0.4 is 4.90 Å². The first kappa shape index (κ1) is 10.5. The number of rotatable bonds is 1. The largest absolute Gasteiger partial charge is 0.302 e. The van der Waals surface area contributed by atoms with Crippen LogP contribution in [-0.2, 0) is 6.54 Å². The highest BCUT2D eigenvalue weighted by molar-refractivity contribution is 6.10. The van der Waals surface area contributed by atoms with Crippen LogP contribution in [0.3, 0.4) is 0 Å². The van der Waals surface area contributed by atoms with Crippen LogP contribution in [-0.4, -0.2) is 10.9 Å². The molecule has 0 fully saturated rings. The summed E-state index contributed by atoms with van der Waals surface area (Å²) in [6.07, 6.45) is 3.33. The Morgan fingerprint density at radius 1 is 1.33 bits per heavy atom. The number of nitrogens with zero attached hydrogens (tertiary/aromatic N) is 3. The third-order valence-electron chi connectivity index (χ3n) is 3.00. The first-order valence-electron chi connectivity index (χ1n) is 5.54. The maximum absolute atomic E-state index is 12.2. The molecule has 0 aliphatic carbocycles. The van der Waals surface area contributed by atoms with Crippen molar-refractivity contribution in [2.24, 2.45) is 0 Å². The predicted octanol–water partition coefficient (Wildman–Crippen LogP) is 2.11. The highest BCUT2D eigenvalue weighted by Gasteiger charge is 2.28. The molecule has 86 valence electrons. The van der Waals surface area contributed by atoms with Crippen LogP contribution in [0.25, 0.3) is 0 Å². The van der Waals surface area contributed by atoms with Gasteiger partial charge in [0, 0.05) is 11.8 Å². The van der Waals surface area contributed by atoms with Crippen LogP contribution in [0.2, 0.25) is 0 Å². The second kappa shape index (κ2) is 3.97. The highest BCUT2D eigenvalue weighted by atomic mass is 16.2. The summed E-state index contributed by atoms with van der Waals surface area (Å²) in [5.74, 6) is -0.0394. The van der Waals surface area contributed by atoms with Crippen LogP contribution >= 0.6 is 0 Å². The number of aromatic nitrogens is 1. The highest BCUT2D eigenvalue weighted by Crippen LogP contribution is 2.28. The molecule has 0 saturated heterocycles. The van der Waals surface area contributed by atoms with Gasteiger partial charge in [-0.3, -0.25) is 9.78 Å². The number of nitriles is 1. The van der Waals surface area contributed by atoms with Crippen molar-refractivity contribution in [2.45, 2.75) is 6.54 Å². The summed E-state index contributed by atoms with van der Waals surface area (Å²) in [6, 6.07) is 10.9. The van der Waals surface area contributed by atoms with Gasteiger partial charge in [-0.05, 0) is 35.9 Å². The first-order chi connectivity index (χ1) is 8.79. The lowest BCUT2D eigenvalue weighted by Gasteiger charge is -2.14. The van der Waals surface area contributed by atoms with Gasteiger partial charge in [0.1, 0.15) is 0 Å². The molecule has 2 heterocycles. The average Bonchev–Trinajstić information content (AvgIpc) is 2.76. The van der Waals surface area contributed by atoms with E-state index in [0.29, 0.717) is 17.7 Å². The number of benzene rings is 1. The number of anilines is 1. The van der Waals surface area contributed by atoms with Crippen molar-refractivity contribution in [1.82, 2.24) is 4.98 Å². The fraction of sp³-hybridized carbons (Fsp3) is 0.0714. The summed E-state index contributed by atoms with van der Waals surface area (Å²) >= 11 is 0. The summed E-state index contributed by atoms with van der Waals surface area (Å²) in [5.41, 5.74) is 2.91. The van der Waals surface area contributed by atoms with E-state index in [2.05, 4.69) is 11.1 Å². The van der Waals surface area contributed by atoms with E-state index in [9.17, 15) is 4.79 Å². The molecular weight excluding hydrogens is 226 g/mol. The molecule has 0 bridgehead atoms. The fourth-order valence-electron chi connectivity index (χ4n) is 2.11. The SMILES string of the molecule is N#Cc1ccc2c(c1)CN(c1cccnc1)C2=O. The van der Waals surface area contributed by atoms with E-state index in [1.165, 1.54) is 0 Å². The van der Waals surface area contributed by atoms with E-state index in [4.69, 9.17) is 5.26 Å². The Labute approximate surface area is 104 Å². The minimum absolute atomic E-state index is 0.0394. The normalized spacial score (nSPS) is 13.3. The van der Waals surface area contributed by atoms with Crippen molar-refractivity contribution < 1.29 is 4.79 Å². The van der Waals surface area contributed by atoms with Gasteiger partial charge in [-0.2, -0.15) is 5.26 Å². The number of hydrogen-bond acceptors (Lipinski definition) is 3. The van der Waals surface area contributed by atoms with Crippen LogP contribution in [0.4, 0.5) is 5.69 Å². The Hall–Kier alpha value is -2.67. The minimum Gasteiger partial charge on any atom is -0.302 e. The molecule has 0 N–H and O–H groups in total. The fourth-order valence-corrected chi connectivity index (χ4v) is 2.11. The Morgan fingerprint density at radius 3 is 2.94 bits per heavy atom. The molecule has 4 heteroatoms. The zero-order valence-electron chi connectivity index (χ0n) is 9.50. The number of amides is 1. The third-order valence-corrected chi connectivity index (χ3v) is 3.00. The predicted molar refractivity (Wildman–Crippen MR) is 65.9 cm³/mol. The van der Waals surface area contributed by atoms with E-state index in [1.807, 2.05) is 6.07 Å². The zero-order chi connectivity index (χ0) is 12.5. The van der Waals surface area contributed by atoms with Gasteiger partial charge in [0.15, 0.2) is 0 Å². The van der Waals surface area contributed by atoms with Gasteiger partial charge in [-0.15, -0.1) is 0 Å². The molecule has 0 spiro atoms. The van der Waals surface area contributed by atoms with Gasteiger partial charge in [0.2, 0.25) is 0 Å². The van der Waals surface area contributed by atoms with Crippen LogP contribution in [0.1, 0.15) is 21.5 Å². The molecule has 1 aliphatic rings. The quantitative estimate of drug-likeness (QED) is 0.760. The van der Waals surface area contributed by atoms with Gasteiger partial charge < -0.3 is 4.90 Å². The lowest BCUT2D eigenvalue weighted by Crippen LogP contribution is -2.22. The molecule has 0 unspecified atom stereocenters. The minimum atomic E-state index is -0.0394. The lowest BCUT2D eigenvalue weighted by atomic mass is 10.1. The van der Waals surface area contributed by atoms with Crippen molar-refractivity contribution in [3.8, 4) is 6.07 Å². The van der Waals surface area contributed by atoms with E-state index < -0.39 is 0 Å². The van der Waals surface area contributed by atoms with Gasteiger partial charge >= 0.3 is 0 Å². The van der Waals surface area contributed by atoms with Crippen molar-refractivity contribution in [1.29, 1.82) is 5.26 Å². The Kier molecular flexibility index (Phi) is 2.31. The molecule has 1 aromatic heterocycles. The first-order valence-corrected chi connectivity index (χ1v) is 5.54. The second-order valence-electron chi connectivity index (χ2n) is 4.09. The summed E-state index contributed by atoms with van der Waals surface area (Å²) in [7, 11) is 0. The van der Waals surface area contributed by atoms with Gasteiger partial charge in [0.25, 0.3) is 5.91 Å². The molecule has 1 amide bonds. The third kappa shape index (κ3) is 1.54. The molecule has 1 aromatic carbocycles. The smallest absolute Gasteiger partial charge is 0.258 e. The molecule has 0 saturated carbocycles. The molecule has 0 radical (unpaired) electrons. The van der Waals surface area contributed by atoms with E-state index in [1.54, 1.807) is 41.6 Å². The number of fused-ring (bicyclic) bond motifs is 1. The van der Waals surface area contributed by atoms with Crippen LogP contribution in [0, 0.1) is 11.3 Å². The zero-order valence-corrected chi connectivity index (χ0v) is 9.50. The number of hydrogen-bond donors (Lipinski definition) is 0.